The lowest BCUT2D eigenvalue weighted by Gasteiger charge is -2.36. The molecule has 0 N–H and O–H groups in total. The SMILES string of the molecule is CC(=O)c1c(C)cc2oc(=O)cc(C)c2c1OCCCN1CCN(c2cccc(Cl)c2Cl)CC1. The molecule has 34 heavy (non-hydrogen) atoms. The number of benzene rings is 2. The largest absolute Gasteiger partial charge is 0.492 e. The van der Waals surface area contributed by atoms with Crippen LogP contribution in [0.1, 0.15) is 34.8 Å². The molecule has 0 unspecified atom stereocenters. The van der Waals surface area contributed by atoms with E-state index < -0.39 is 5.63 Å². The van der Waals surface area contributed by atoms with Crippen molar-refractivity contribution in [2.75, 3.05) is 44.2 Å². The Morgan fingerprint density at radius 3 is 2.53 bits per heavy atom. The summed E-state index contributed by atoms with van der Waals surface area (Å²) >= 11 is 12.5. The first-order valence-electron chi connectivity index (χ1n) is 11.4. The Balaban J connectivity index is 1.39. The lowest BCUT2D eigenvalue weighted by Crippen LogP contribution is -2.46. The van der Waals surface area contributed by atoms with Gasteiger partial charge in [-0.3, -0.25) is 9.69 Å². The summed E-state index contributed by atoms with van der Waals surface area (Å²) in [5.74, 6) is 0.431. The lowest BCUT2D eigenvalue weighted by molar-refractivity contribution is 0.101. The molecule has 1 fully saturated rings. The molecular formula is C26H28Cl2N2O4. The van der Waals surface area contributed by atoms with Crippen LogP contribution in [-0.2, 0) is 0 Å². The van der Waals surface area contributed by atoms with Crippen LogP contribution >= 0.6 is 23.2 Å². The van der Waals surface area contributed by atoms with E-state index in [2.05, 4.69) is 9.80 Å². The first kappa shape index (κ1) is 24.6. The van der Waals surface area contributed by atoms with Crippen molar-refractivity contribution < 1.29 is 13.9 Å². The minimum atomic E-state index is -0.413. The van der Waals surface area contributed by atoms with Crippen molar-refractivity contribution in [1.82, 2.24) is 4.90 Å². The van der Waals surface area contributed by atoms with E-state index in [4.69, 9.17) is 32.4 Å². The second-order valence-electron chi connectivity index (χ2n) is 8.68. The maximum Gasteiger partial charge on any atom is 0.336 e. The number of aryl methyl sites for hydroxylation is 2. The number of hydrogen-bond donors (Lipinski definition) is 0. The number of rotatable bonds is 7. The van der Waals surface area contributed by atoms with Gasteiger partial charge in [0.25, 0.3) is 0 Å². The normalized spacial score (nSPS) is 14.6. The Hall–Kier alpha value is -2.54. The molecule has 3 aromatic rings. The van der Waals surface area contributed by atoms with Gasteiger partial charge in [-0.2, -0.15) is 0 Å². The van der Waals surface area contributed by atoms with Crippen LogP contribution in [0.25, 0.3) is 11.0 Å². The quantitative estimate of drug-likeness (QED) is 0.241. The fraction of sp³-hybridized carbons (Fsp3) is 0.385. The fourth-order valence-electron chi connectivity index (χ4n) is 4.59. The van der Waals surface area contributed by atoms with E-state index in [-0.39, 0.29) is 5.78 Å². The molecule has 8 heteroatoms. The molecule has 0 radical (unpaired) electrons. The molecule has 1 aliphatic rings. The topological polar surface area (TPSA) is 63.0 Å². The molecule has 1 saturated heterocycles. The van der Waals surface area contributed by atoms with E-state index in [1.54, 1.807) is 12.1 Å². The zero-order valence-corrected chi connectivity index (χ0v) is 21.1. The minimum absolute atomic E-state index is 0.0733. The molecule has 180 valence electrons. The molecule has 0 spiro atoms. The van der Waals surface area contributed by atoms with E-state index in [1.165, 1.54) is 13.0 Å². The highest BCUT2D eigenvalue weighted by atomic mass is 35.5. The Morgan fingerprint density at radius 1 is 1.09 bits per heavy atom. The third-order valence-corrected chi connectivity index (χ3v) is 7.05. The Labute approximate surface area is 209 Å². The number of carbonyl (C=O) groups is 1. The van der Waals surface area contributed by atoms with Crippen LogP contribution in [0.5, 0.6) is 5.75 Å². The highest BCUT2D eigenvalue weighted by molar-refractivity contribution is 6.43. The fourth-order valence-corrected chi connectivity index (χ4v) is 5.01. The number of ketones is 1. The van der Waals surface area contributed by atoms with Crippen LogP contribution < -0.4 is 15.3 Å². The molecule has 1 aromatic heterocycles. The summed E-state index contributed by atoms with van der Waals surface area (Å²) in [5.41, 5.74) is 3.01. The van der Waals surface area contributed by atoms with Crippen molar-refractivity contribution in [3.8, 4) is 5.75 Å². The summed E-state index contributed by atoms with van der Waals surface area (Å²) in [5, 5.41) is 1.85. The van der Waals surface area contributed by atoms with Crippen LogP contribution in [0.15, 0.2) is 39.5 Å². The molecule has 4 rings (SSSR count). The number of hydrogen-bond acceptors (Lipinski definition) is 6. The maximum absolute atomic E-state index is 12.4. The van der Waals surface area contributed by atoms with Gasteiger partial charge in [0.15, 0.2) is 5.78 Å². The first-order valence-corrected chi connectivity index (χ1v) is 12.1. The molecular weight excluding hydrogens is 475 g/mol. The number of halogens is 2. The van der Waals surface area contributed by atoms with Crippen LogP contribution in [0.2, 0.25) is 10.0 Å². The predicted octanol–water partition coefficient (Wildman–Crippen LogP) is 5.51. The Kier molecular flexibility index (Phi) is 7.51. The van der Waals surface area contributed by atoms with Crippen molar-refractivity contribution in [1.29, 1.82) is 0 Å². The van der Waals surface area contributed by atoms with Crippen molar-refractivity contribution in [2.24, 2.45) is 0 Å². The van der Waals surface area contributed by atoms with E-state index >= 15 is 0 Å². The van der Waals surface area contributed by atoms with Crippen LogP contribution in [0.4, 0.5) is 5.69 Å². The second-order valence-corrected chi connectivity index (χ2v) is 9.46. The number of ether oxygens (including phenoxy) is 1. The van der Waals surface area contributed by atoms with Gasteiger partial charge in [-0.1, -0.05) is 29.3 Å². The number of carbonyl (C=O) groups excluding carboxylic acids is 1. The monoisotopic (exact) mass is 502 g/mol. The molecule has 0 saturated carbocycles. The smallest absolute Gasteiger partial charge is 0.336 e. The zero-order chi connectivity index (χ0) is 24.4. The minimum Gasteiger partial charge on any atom is -0.492 e. The molecule has 0 amide bonds. The third kappa shape index (κ3) is 5.09. The molecule has 0 atom stereocenters. The predicted molar refractivity (Wildman–Crippen MR) is 137 cm³/mol. The first-order chi connectivity index (χ1) is 16.3. The highest BCUT2D eigenvalue weighted by Gasteiger charge is 2.21. The Bertz CT molecular complexity index is 1280. The van der Waals surface area contributed by atoms with E-state index in [9.17, 15) is 9.59 Å². The lowest BCUT2D eigenvalue weighted by atomic mass is 9.98. The third-order valence-electron chi connectivity index (χ3n) is 6.24. The van der Waals surface area contributed by atoms with Crippen molar-refractivity contribution in [3.63, 3.8) is 0 Å². The molecule has 1 aliphatic heterocycles. The summed E-state index contributed by atoms with van der Waals surface area (Å²) in [7, 11) is 0. The number of Topliss-reactive ketones (excluding diaryl/α,β-unsaturated/α-hetero) is 1. The van der Waals surface area contributed by atoms with Crippen molar-refractivity contribution >= 4 is 45.6 Å². The van der Waals surface area contributed by atoms with Gasteiger partial charge in [0.05, 0.1) is 33.3 Å². The summed E-state index contributed by atoms with van der Waals surface area (Å²) in [6.07, 6.45) is 0.806. The van der Waals surface area contributed by atoms with Crippen LogP contribution in [0, 0.1) is 13.8 Å². The van der Waals surface area contributed by atoms with Gasteiger partial charge in [0.1, 0.15) is 11.3 Å². The van der Waals surface area contributed by atoms with Gasteiger partial charge in [0.2, 0.25) is 0 Å². The van der Waals surface area contributed by atoms with E-state index in [0.717, 1.165) is 56.0 Å². The Morgan fingerprint density at radius 2 is 1.82 bits per heavy atom. The van der Waals surface area contributed by atoms with E-state index in [0.29, 0.717) is 38.9 Å². The number of piperazine rings is 1. The average molecular weight is 503 g/mol. The van der Waals surface area contributed by atoms with Crippen molar-refractivity contribution in [2.45, 2.75) is 27.2 Å². The van der Waals surface area contributed by atoms with Gasteiger partial charge in [-0.15, -0.1) is 0 Å². The zero-order valence-electron chi connectivity index (χ0n) is 19.6. The molecule has 0 aliphatic carbocycles. The van der Waals surface area contributed by atoms with Gasteiger partial charge in [0, 0.05) is 38.8 Å². The molecule has 2 aromatic carbocycles. The molecule has 0 bridgehead atoms. The summed E-state index contributed by atoms with van der Waals surface area (Å²) in [6, 6.07) is 8.89. The van der Waals surface area contributed by atoms with Gasteiger partial charge >= 0.3 is 5.63 Å². The van der Waals surface area contributed by atoms with Crippen LogP contribution in [0.3, 0.4) is 0 Å². The number of anilines is 1. The molecule has 6 nitrogen and oxygen atoms in total. The average Bonchev–Trinajstić information content (AvgIpc) is 2.78. The molecule has 2 heterocycles. The van der Waals surface area contributed by atoms with Gasteiger partial charge in [-0.05, 0) is 56.5 Å². The van der Waals surface area contributed by atoms with Gasteiger partial charge in [-0.25, -0.2) is 4.79 Å². The standard InChI is InChI=1S/C26H28Cl2N2O4/c1-16-14-21-24(17(2)15-22(32)34-21)26(23(16)18(3)31)33-13-5-8-29-9-11-30(12-10-29)20-7-4-6-19(27)25(20)28/h4,6-7,14-15H,5,8-13H2,1-3H3. The number of fused-ring (bicyclic) bond motifs is 1. The second kappa shape index (κ2) is 10.4. The maximum atomic E-state index is 12.4. The van der Waals surface area contributed by atoms with Crippen LogP contribution in [-0.4, -0.2) is 50.0 Å². The summed E-state index contributed by atoms with van der Waals surface area (Å²) in [6.45, 7) is 10.1. The summed E-state index contributed by atoms with van der Waals surface area (Å²) < 4.78 is 11.6. The van der Waals surface area contributed by atoms with Crippen molar-refractivity contribution in [3.05, 3.63) is 67.5 Å². The highest BCUT2D eigenvalue weighted by Crippen LogP contribution is 2.35. The van der Waals surface area contributed by atoms with Gasteiger partial charge < -0.3 is 14.1 Å². The van der Waals surface area contributed by atoms with E-state index in [1.807, 2.05) is 26.0 Å². The number of nitrogens with zero attached hydrogens (tertiary/aromatic N) is 2. The summed E-state index contributed by atoms with van der Waals surface area (Å²) in [4.78, 5) is 28.9.